The first-order valence-electron chi connectivity index (χ1n) is 5.52. The predicted molar refractivity (Wildman–Crippen MR) is 60.7 cm³/mol. The van der Waals surface area contributed by atoms with Crippen molar-refractivity contribution in [3.8, 4) is 5.75 Å². The maximum Gasteiger partial charge on any atom is 0.337 e. The minimum absolute atomic E-state index is 0.323. The van der Waals surface area contributed by atoms with Crippen LogP contribution in [0.2, 0.25) is 0 Å². The molecule has 2 rings (SSSR count). The zero-order valence-corrected chi connectivity index (χ0v) is 9.66. The number of carbonyl (C=O) groups is 1. The SMILES string of the molecule is COC(=O)c1ccc(C)c(OCC2CC2)c1. The molecule has 3 nitrogen and oxygen atoms in total. The molecule has 1 aromatic rings. The molecule has 0 aromatic heterocycles. The van der Waals surface area contributed by atoms with E-state index in [1.165, 1.54) is 20.0 Å². The summed E-state index contributed by atoms with van der Waals surface area (Å²) in [5.41, 5.74) is 1.59. The highest BCUT2D eigenvalue weighted by Crippen LogP contribution is 2.30. The van der Waals surface area contributed by atoms with Crippen LogP contribution in [-0.2, 0) is 4.74 Å². The Morgan fingerprint density at radius 1 is 1.44 bits per heavy atom. The van der Waals surface area contributed by atoms with Gasteiger partial charge in [-0.05, 0) is 43.4 Å². The topological polar surface area (TPSA) is 35.5 Å². The van der Waals surface area contributed by atoms with Crippen molar-refractivity contribution in [3.05, 3.63) is 29.3 Å². The maximum atomic E-state index is 11.3. The second-order valence-electron chi connectivity index (χ2n) is 4.23. The molecule has 0 aliphatic heterocycles. The number of carbonyl (C=O) groups excluding carboxylic acids is 1. The number of benzene rings is 1. The summed E-state index contributed by atoms with van der Waals surface area (Å²) in [5, 5.41) is 0. The first kappa shape index (κ1) is 11.0. The molecule has 0 spiro atoms. The summed E-state index contributed by atoms with van der Waals surface area (Å²) in [6.07, 6.45) is 2.52. The fraction of sp³-hybridized carbons (Fsp3) is 0.462. The number of esters is 1. The summed E-state index contributed by atoms with van der Waals surface area (Å²) >= 11 is 0. The molecule has 0 bridgehead atoms. The molecule has 1 aliphatic rings. The highest BCUT2D eigenvalue weighted by Gasteiger charge is 2.22. The van der Waals surface area contributed by atoms with Gasteiger partial charge in [-0.15, -0.1) is 0 Å². The van der Waals surface area contributed by atoms with Gasteiger partial charge in [0.1, 0.15) is 5.75 Å². The molecule has 0 atom stereocenters. The largest absolute Gasteiger partial charge is 0.493 e. The molecule has 0 N–H and O–H groups in total. The number of aryl methyl sites for hydroxylation is 1. The summed E-state index contributed by atoms with van der Waals surface area (Å²) < 4.78 is 10.4. The van der Waals surface area contributed by atoms with E-state index in [0.717, 1.165) is 17.9 Å². The van der Waals surface area contributed by atoms with Gasteiger partial charge in [0.15, 0.2) is 0 Å². The lowest BCUT2D eigenvalue weighted by molar-refractivity contribution is 0.0600. The van der Waals surface area contributed by atoms with Crippen molar-refractivity contribution in [1.82, 2.24) is 0 Å². The molecule has 86 valence electrons. The molecule has 1 aromatic carbocycles. The molecule has 1 saturated carbocycles. The Morgan fingerprint density at radius 2 is 2.19 bits per heavy atom. The Kier molecular flexibility index (Phi) is 3.13. The van der Waals surface area contributed by atoms with Crippen LogP contribution in [-0.4, -0.2) is 19.7 Å². The molecule has 16 heavy (non-hydrogen) atoms. The number of hydrogen-bond acceptors (Lipinski definition) is 3. The van der Waals surface area contributed by atoms with Crippen LogP contribution in [0.3, 0.4) is 0 Å². The number of methoxy groups -OCH3 is 1. The van der Waals surface area contributed by atoms with E-state index in [2.05, 4.69) is 4.74 Å². The monoisotopic (exact) mass is 220 g/mol. The van der Waals surface area contributed by atoms with Crippen molar-refractivity contribution < 1.29 is 14.3 Å². The van der Waals surface area contributed by atoms with Gasteiger partial charge in [0.2, 0.25) is 0 Å². The van der Waals surface area contributed by atoms with Crippen molar-refractivity contribution in [2.75, 3.05) is 13.7 Å². The van der Waals surface area contributed by atoms with Crippen LogP contribution >= 0.6 is 0 Å². The second kappa shape index (κ2) is 4.56. The van der Waals surface area contributed by atoms with E-state index in [9.17, 15) is 4.79 Å². The third-order valence-corrected chi connectivity index (χ3v) is 2.78. The Bertz CT molecular complexity index is 394. The van der Waals surface area contributed by atoms with Crippen molar-refractivity contribution in [2.45, 2.75) is 19.8 Å². The van der Waals surface area contributed by atoms with Crippen LogP contribution in [0.1, 0.15) is 28.8 Å². The van der Waals surface area contributed by atoms with Gasteiger partial charge < -0.3 is 9.47 Å². The summed E-state index contributed by atoms with van der Waals surface area (Å²) in [6, 6.07) is 5.39. The van der Waals surface area contributed by atoms with Gasteiger partial charge in [-0.25, -0.2) is 4.79 Å². The smallest absolute Gasteiger partial charge is 0.337 e. The molecule has 0 amide bonds. The Morgan fingerprint density at radius 3 is 2.81 bits per heavy atom. The standard InChI is InChI=1S/C13H16O3/c1-9-3-6-11(13(14)15-2)7-12(9)16-8-10-4-5-10/h3,6-7,10H,4-5,8H2,1-2H3. The molecule has 1 fully saturated rings. The van der Waals surface area contributed by atoms with Gasteiger partial charge in [-0.3, -0.25) is 0 Å². The zero-order chi connectivity index (χ0) is 11.5. The molecule has 0 unspecified atom stereocenters. The normalized spacial score (nSPS) is 14.6. The molecule has 0 heterocycles. The lowest BCUT2D eigenvalue weighted by Crippen LogP contribution is -2.04. The van der Waals surface area contributed by atoms with E-state index in [1.54, 1.807) is 12.1 Å². The number of ether oxygens (including phenoxy) is 2. The lowest BCUT2D eigenvalue weighted by Gasteiger charge is -2.09. The van der Waals surface area contributed by atoms with Crippen LogP contribution < -0.4 is 4.74 Å². The molecule has 0 saturated heterocycles. The molecule has 1 aliphatic carbocycles. The Labute approximate surface area is 95.4 Å². The van der Waals surface area contributed by atoms with Crippen molar-refractivity contribution in [1.29, 1.82) is 0 Å². The van der Waals surface area contributed by atoms with Crippen molar-refractivity contribution >= 4 is 5.97 Å². The van der Waals surface area contributed by atoms with Gasteiger partial charge in [0, 0.05) is 0 Å². The van der Waals surface area contributed by atoms with E-state index in [1.807, 2.05) is 13.0 Å². The number of rotatable bonds is 4. The van der Waals surface area contributed by atoms with E-state index in [0.29, 0.717) is 11.5 Å². The van der Waals surface area contributed by atoms with Crippen LogP contribution in [0.4, 0.5) is 0 Å². The fourth-order valence-corrected chi connectivity index (χ4v) is 1.49. The highest BCUT2D eigenvalue weighted by molar-refractivity contribution is 5.89. The Balaban J connectivity index is 2.11. The van der Waals surface area contributed by atoms with Crippen LogP contribution in [0, 0.1) is 12.8 Å². The summed E-state index contributed by atoms with van der Waals surface area (Å²) in [4.78, 5) is 11.3. The molecule has 0 radical (unpaired) electrons. The van der Waals surface area contributed by atoms with Crippen LogP contribution in [0.25, 0.3) is 0 Å². The van der Waals surface area contributed by atoms with E-state index in [-0.39, 0.29) is 5.97 Å². The second-order valence-corrected chi connectivity index (χ2v) is 4.23. The third kappa shape index (κ3) is 2.54. The lowest BCUT2D eigenvalue weighted by atomic mass is 10.1. The predicted octanol–water partition coefficient (Wildman–Crippen LogP) is 2.57. The van der Waals surface area contributed by atoms with Crippen molar-refractivity contribution in [2.24, 2.45) is 5.92 Å². The zero-order valence-electron chi connectivity index (χ0n) is 9.66. The van der Waals surface area contributed by atoms with E-state index < -0.39 is 0 Å². The van der Waals surface area contributed by atoms with Crippen molar-refractivity contribution in [3.63, 3.8) is 0 Å². The minimum atomic E-state index is -0.323. The minimum Gasteiger partial charge on any atom is -0.493 e. The number of hydrogen-bond donors (Lipinski definition) is 0. The van der Waals surface area contributed by atoms with Gasteiger partial charge in [-0.2, -0.15) is 0 Å². The highest BCUT2D eigenvalue weighted by atomic mass is 16.5. The summed E-state index contributed by atoms with van der Waals surface area (Å²) in [6.45, 7) is 2.73. The quantitative estimate of drug-likeness (QED) is 0.731. The maximum absolute atomic E-state index is 11.3. The fourth-order valence-electron chi connectivity index (χ4n) is 1.49. The average molecular weight is 220 g/mol. The van der Waals surface area contributed by atoms with E-state index >= 15 is 0 Å². The third-order valence-electron chi connectivity index (χ3n) is 2.78. The Hall–Kier alpha value is -1.51. The van der Waals surface area contributed by atoms with E-state index in [4.69, 9.17) is 4.74 Å². The van der Waals surface area contributed by atoms with Gasteiger partial charge in [0.05, 0.1) is 19.3 Å². The van der Waals surface area contributed by atoms with Crippen LogP contribution in [0.5, 0.6) is 5.75 Å². The molecule has 3 heteroatoms. The summed E-state index contributed by atoms with van der Waals surface area (Å²) in [5.74, 6) is 1.17. The molecular weight excluding hydrogens is 204 g/mol. The van der Waals surface area contributed by atoms with Crippen LogP contribution in [0.15, 0.2) is 18.2 Å². The average Bonchev–Trinajstić information content (AvgIpc) is 3.11. The first-order valence-corrected chi connectivity index (χ1v) is 5.52. The van der Waals surface area contributed by atoms with Gasteiger partial charge in [-0.1, -0.05) is 6.07 Å². The summed E-state index contributed by atoms with van der Waals surface area (Å²) in [7, 11) is 1.38. The van der Waals surface area contributed by atoms with Gasteiger partial charge in [0.25, 0.3) is 0 Å². The molecular formula is C13H16O3. The first-order chi connectivity index (χ1) is 7.70. The van der Waals surface area contributed by atoms with Gasteiger partial charge >= 0.3 is 5.97 Å².